The average Bonchev–Trinajstić information content (AvgIpc) is 1.75. The van der Waals surface area contributed by atoms with E-state index in [9.17, 15) is 0 Å². The van der Waals surface area contributed by atoms with Crippen molar-refractivity contribution in [2.75, 3.05) is 0 Å². The molecule has 0 radical (unpaired) electrons. The molecule has 0 N–H and O–H groups in total. The minimum atomic E-state index is 1.16. The van der Waals surface area contributed by atoms with Crippen LogP contribution in [-0.2, 0) is 0 Å². The monoisotopic (exact) mass is 98.1 g/mol. The number of hydrogen-bond acceptors (Lipinski definition) is 0. The molecule has 0 heteroatoms. The summed E-state index contributed by atoms with van der Waals surface area (Å²) < 4.78 is 0. The van der Waals surface area contributed by atoms with Crippen LogP contribution >= 0.6 is 0 Å². The number of allylic oxidation sites excluding steroid dienone is 2. The van der Waals surface area contributed by atoms with Crippen molar-refractivity contribution in [3.05, 3.63) is 25.3 Å². The van der Waals surface area contributed by atoms with Crippen molar-refractivity contribution in [2.24, 2.45) is 0 Å². The third-order valence-corrected chi connectivity index (χ3v) is 0.471. The van der Waals surface area contributed by atoms with Crippen LogP contribution in [0.1, 0.15) is 20.3 Å². The zero-order chi connectivity index (χ0) is 6.12. The van der Waals surface area contributed by atoms with Gasteiger partial charge in [0.25, 0.3) is 0 Å². The summed E-state index contributed by atoms with van der Waals surface area (Å²) in [4.78, 5) is 0. The van der Waals surface area contributed by atoms with E-state index in [0.717, 1.165) is 6.42 Å². The molecule has 0 atom stereocenters. The molecule has 0 aliphatic heterocycles. The Kier molecular flexibility index (Phi) is 24.8. The zero-order valence-electron chi connectivity index (χ0n) is 5.28. The lowest BCUT2D eigenvalue weighted by Crippen LogP contribution is -1.43. The van der Waals surface area contributed by atoms with Gasteiger partial charge in [0, 0.05) is 0 Å². The third-order valence-electron chi connectivity index (χ3n) is 0.471. The Labute approximate surface area is 46.6 Å². The average molecular weight is 98.2 g/mol. The molecular formula is C7H14. The minimum absolute atomic E-state index is 1.16. The van der Waals surface area contributed by atoms with E-state index in [-0.39, 0.29) is 0 Å². The van der Waals surface area contributed by atoms with Crippen molar-refractivity contribution in [1.82, 2.24) is 0 Å². The molecule has 0 nitrogen and oxygen atoms in total. The summed E-state index contributed by atoms with van der Waals surface area (Å²) in [5, 5.41) is 0. The zero-order valence-corrected chi connectivity index (χ0v) is 5.28. The van der Waals surface area contributed by atoms with Crippen molar-refractivity contribution in [3.8, 4) is 0 Å². The molecule has 42 valence electrons. The molecule has 0 rings (SSSR count). The Morgan fingerprint density at radius 3 is 1.86 bits per heavy atom. The summed E-state index contributed by atoms with van der Waals surface area (Å²) in [6, 6.07) is 0. The fourth-order valence-electron chi connectivity index (χ4n) is 0.236. The predicted molar refractivity (Wildman–Crippen MR) is 36.4 cm³/mol. The molecular weight excluding hydrogens is 84.1 g/mol. The summed E-state index contributed by atoms with van der Waals surface area (Å²) in [5.74, 6) is 0. The van der Waals surface area contributed by atoms with Gasteiger partial charge in [0.1, 0.15) is 0 Å². The van der Waals surface area contributed by atoms with Crippen LogP contribution < -0.4 is 0 Å². The first kappa shape index (κ1) is 9.70. The smallest absolute Gasteiger partial charge is 0.0379 e. The van der Waals surface area contributed by atoms with E-state index in [4.69, 9.17) is 0 Å². The molecule has 0 aliphatic rings. The van der Waals surface area contributed by atoms with Crippen LogP contribution in [0.25, 0.3) is 0 Å². The van der Waals surface area contributed by atoms with Crippen molar-refractivity contribution < 1.29 is 0 Å². The molecule has 0 fully saturated rings. The lowest BCUT2D eigenvalue weighted by Gasteiger charge is -1.65. The fourth-order valence-corrected chi connectivity index (χ4v) is 0.236. The lowest BCUT2D eigenvalue weighted by atomic mass is 10.4. The van der Waals surface area contributed by atoms with Gasteiger partial charge in [0.05, 0.1) is 0 Å². The molecule has 0 aromatic heterocycles. The number of hydrogen-bond donors (Lipinski definition) is 0. The van der Waals surface area contributed by atoms with Crippen molar-refractivity contribution in [2.45, 2.75) is 20.3 Å². The highest BCUT2D eigenvalue weighted by Crippen LogP contribution is 1.73. The molecule has 0 heterocycles. The molecule has 0 spiro atoms. The highest BCUT2D eigenvalue weighted by Gasteiger charge is 1.52. The predicted octanol–water partition coefficient (Wildman–Crippen LogP) is 2.77. The summed E-state index contributed by atoms with van der Waals surface area (Å²) >= 11 is 0. The van der Waals surface area contributed by atoms with Gasteiger partial charge >= 0.3 is 0 Å². The highest BCUT2D eigenvalue weighted by molar-refractivity contribution is 4.73. The molecule has 7 heavy (non-hydrogen) atoms. The second-order valence-electron chi connectivity index (χ2n) is 0.977. The quantitative estimate of drug-likeness (QED) is 0.442. The van der Waals surface area contributed by atoms with E-state index >= 15 is 0 Å². The molecule has 0 bridgehead atoms. The molecule has 0 amide bonds. The molecule has 0 aromatic rings. The van der Waals surface area contributed by atoms with Crippen LogP contribution in [0.2, 0.25) is 0 Å². The van der Waals surface area contributed by atoms with Crippen LogP contribution in [-0.4, -0.2) is 0 Å². The summed E-state index contributed by atoms with van der Waals surface area (Å²) in [6.07, 6.45) is 5.34. The van der Waals surface area contributed by atoms with Gasteiger partial charge in [0.2, 0.25) is 0 Å². The van der Waals surface area contributed by atoms with Crippen molar-refractivity contribution in [3.63, 3.8) is 0 Å². The van der Waals surface area contributed by atoms with E-state index < -0.39 is 0 Å². The van der Waals surface area contributed by atoms with Gasteiger partial charge in [-0.2, -0.15) is 0 Å². The molecule has 0 aliphatic carbocycles. The lowest BCUT2D eigenvalue weighted by molar-refractivity contribution is 1.22. The Morgan fingerprint density at radius 1 is 1.43 bits per heavy atom. The van der Waals surface area contributed by atoms with Crippen LogP contribution in [0, 0.1) is 0 Å². The van der Waals surface area contributed by atoms with E-state index in [1.54, 1.807) is 0 Å². The maximum absolute atomic E-state index is 3.00. The third kappa shape index (κ3) is 30.3. The topological polar surface area (TPSA) is 0 Å². The van der Waals surface area contributed by atoms with Gasteiger partial charge in [-0.15, -0.1) is 13.2 Å². The van der Waals surface area contributed by atoms with E-state index in [1.807, 2.05) is 6.92 Å². The largest absolute Gasteiger partial charge is 0.106 e. The molecule has 0 unspecified atom stereocenters. The number of rotatable bonds is 1. The first-order valence-corrected chi connectivity index (χ1v) is 2.53. The Hall–Kier alpha value is -0.520. The van der Waals surface area contributed by atoms with Gasteiger partial charge in [0.15, 0.2) is 0 Å². The molecule has 0 aromatic carbocycles. The maximum atomic E-state index is 3.00. The fraction of sp³-hybridized carbons (Fsp3) is 0.429. The van der Waals surface area contributed by atoms with Gasteiger partial charge in [-0.1, -0.05) is 19.1 Å². The SMILES string of the molecule is C/C=C/CC.C=C. The van der Waals surface area contributed by atoms with E-state index in [1.165, 1.54) is 0 Å². The second-order valence-corrected chi connectivity index (χ2v) is 0.977. The summed E-state index contributed by atoms with van der Waals surface area (Å²) in [7, 11) is 0. The Morgan fingerprint density at radius 2 is 1.86 bits per heavy atom. The van der Waals surface area contributed by atoms with Crippen LogP contribution in [0.5, 0.6) is 0 Å². The van der Waals surface area contributed by atoms with Gasteiger partial charge in [-0.05, 0) is 13.3 Å². The van der Waals surface area contributed by atoms with Crippen molar-refractivity contribution >= 4 is 0 Å². The Bertz CT molecular complexity index is 35.3. The van der Waals surface area contributed by atoms with Gasteiger partial charge < -0.3 is 0 Å². The molecule has 0 saturated heterocycles. The first-order valence-electron chi connectivity index (χ1n) is 2.53. The summed E-state index contributed by atoms with van der Waals surface area (Å²) in [6.45, 7) is 10.2. The second kappa shape index (κ2) is 17.9. The van der Waals surface area contributed by atoms with Crippen molar-refractivity contribution in [1.29, 1.82) is 0 Å². The van der Waals surface area contributed by atoms with E-state index in [0.29, 0.717) is 0 Å². The normalized spacial score (nSPS) is 7.71. The standard InChI is InChI=1S/C5H10.C2H4/c1-3-5-4-2;1-2/h3,5H,4H2,1-2H3;1-2H2/b5-3+;. The van der Waals surface area contributed by atoms with Gasteiger partial charge in [-0.25, -0.2) is 0 Å². The van der Waals surface area contributed by atoms with E-state index in [2.05, 4.69) is 32.2 Å². The first-order chi connectivity index (χ1) is 3.41. The van der Waals surface area contributed by atoms with Crippen LogP contribution in [0.3, 0.4) is 0 Å². The summed E-state index contributed by atoms with van der Waals surface area (Å²) in [5.41, 5.74) is 0. The van der Waals surface area contributed by atoms with Gasteiger partial charge in [-0.3, -0.25) is 0 Å². The van der Waals surface area contributed by atoms with Crippen LogP contribution in [0.15, 0.2) is 25.3 Å². The minimum Gasteiger partial charge on any atom is -0.106 e. The Balaban J connectivity index is 0. The van der Waals surface area contributed by atoms with Crippen LogP contribution in [0.4, 0.5) is 0 Å². The molecule has 0 saturated carbocycles. The highest BCUT2D eigenvalue weighted by atomic mass is 13.6. The maximum Gasteiger partial charge on any atom is -0.0379 e.